The topological polar surface area (TPSA) is 48.9 Å². The van der Waals surface area contributed by atoms with Crippen LogP contribution in [0.2, 0.25) is 0 Å². The summed E-state index contributed by atoms with van der Waals surface area (Å²) in [6.07, 6.45) is 1.71. The van der Waals surface area contributed by atoms with Gasteiger partial charge in [-0.3, -0.25) is 4.79 Å². The van der Waals surface area contributed by atoms with E-state index in [-0.39, 0.29) is 5.91 Å². The first-order chi connectivity index (χ1) is 12.8. The molecule has 4 rings (SSSR count). The molecule has 0 saturated carbocycles. The third-order valence-electron chi connectivity index (χ3n) is 5.02. The molecule has 2 aliphatic heterocycles. The number of para-hydroxylation sites is 1. The Kier molecular flexibility index (Phi) is 5.02. The first kappa shape index (κ1) is 16.8. The fourth-order valence-corrected chi connectivity index (χ4v) is 3.48. The van der Waals surface area contributed by atoms with Crippen LogP contribution in [-0.4, -0.2) is 68.3 Å². The maximum Gasteiger partial charge on any atom is 0.255 e. The predicted molar refractivity (Wildman–Crippen MR) is 102 cm³/mol. The van der Waals surface area contributed by atoms with Gasteiger partial charge in [0.1, 0.15) is 5.82 Å². The molecular weight excluding hydrogens is 328 g/mol. The average Bonchev–Trinajstić information content (AvgIpc) is 2.75. The standard InChI is InChI=1S/C20H24N4O2/c25-20(24-12-14-26-15-13-24)17-6-7-19(21-16-17)23-10-8-22(9-11-23)18-4-2-1-3-5-18/h1-7,16H,8-15H2. The molecule has 2 fully saturated rings. The molecule has 2 aromatic rings. The Morgan fingerprint density at radius 3 is 2.19 bits per heavy atom. The summed E-state index contributed by atoms with van der Waals surface area (Å²) >= 11 is 0. The second-order valence-electron chi connectivity index (χ2n) is 6.62. The fourth-order valence-electron chi connectivity index (χ4n) is 3.48. The highest BCUT2D eigenvalue weighted by molar-refractivity contribution is 5.94. The number of carbonyl (C=O) groups is 1. The van der Waals surface area contributed by atoms with E-state index in [9.17, 15) is 4.79 Å². The summed E-state index contributed by atoms with van der Waals surface area (Å²) in [6.45, 7) is 6.34. The number of amides is 1. The van der Waals surface area contributed by atoms with E-state index in [1.54, 1.807) is 6.20 Å². The third kappa shape index (κ3) is 3.65. The number of nitrogens with zero attached hydrogens (tertiary/aromatic N) is 4. The Hall–Kier alpha value is -2.60. The van der Waals surface area contributed by atoms with Gasteiger partial charge in [-0.15, -0.1) is 0 Å². The van der Waals surface area contributed by atoms with Crippen molar-refractivity contribution in [2.75, 3.05) is 62.3 Å². The summed E-state index contributed by atoms with van der Waals surface area (Å²) in [5.74, 6) is 0.984. The Labute approximate surface area is 154 Å². The molecule has 1 aromatic carbocycles. The third-order valence-corrected chi connectivity index (χ3v) is 5.02. The van der Waals surface area contributed by atoms with Crippen LogP contribution in [0.25, 0.3) is 0 Å². The van der Waals surface area contributed by atoms with Crippen molar-refractivity contribution in [1.29, 1.82) is 0 Å². The van der Waals surface area contributed by atoms with Crippen LogP contribution in [0.3, 0.4) is 0 Å². The average molecular weight is 352 g/mol. The van der Waals surface area contributed by atoms with Crippen LogP contribution < -0.4 is 9.80 Å². The van der Waals surface area contributed by atoms with E-state index in [1.165, 1.54) is 5.69 Å². The number of hydrogen-bond donors (Lipinski definition) is 0. The largest absolute Gasteiger partial charge is 0.378 e. The number of anilines is 2. The van der Waals surface area contributed by atoms with Gasteiger partial charge in [-0.05, 0) is 24.3 Å². The highest BCUT2D eigenvalue weighted by Gasteiger charge is 2.21. The predicted octanol–water partition coefficient (Wildman–Crippen LogP) is 1.88. The number of hydrogen-bond acceptors (Lipinski definition) is 5. The lowest BCUT2D eigenvalue weighted by Crippen LogP contribution is -2.46. The molecule has 0 N–H and O–H groups in total. The van der Waals surface area contributed by atoms with Crippen LogP contribution in [0.5, 0.6) is 0 Å². The van der Waals surface area contributed by atoms with Gasteiger partial charge in [0.15, 0.2) is 0 Å². The van der Waals surface area contributed by atoms with Gasteiger partial charge in [0.05, 0.1) is 18.8 Å². The smallest absolute Gasteiger partial charge is 0.255 e. The zero-order valence-corrected chi connectivity index (χ0v) is 14.9. The Morgan fingerprint density at radius 1 is 0.846 bits per heavy atom. The van der Waals surface area contributed by atoms with Crippen molar-refractivity contribution in [3.05, 3.63) is 54.2 Å². The molecule has 0 atom stereocenters. The van der Waals surface area contributed by atoms with Crippen molar-refractivity contribution >= 4 is 17.4 Å². The van der Waals surface area contributed by atoms with Crippen LogP contribution >= 0.6 is 0 Å². The second-order valence-corrected chi connectivity index (χ2v) is 6.62. The maximum atomic E-state index is 12.5. The van der Waals surface area contributed by atoms with Crippen molar-refractivity contribution in [1.82, 2.24) is 9.88 Å². The summed E-state index contributed by atoms with van der Waals surface area (Å²) in [6, 6.07) is 14.4. The second kappa shape index (κ2) is 7.74. The summed E-state index contributed by atoms with van der Waals surface area (Å²) in [7, 11) is 0. The van der Waals surface area contributed by atoms with E-state index < -0.39 is 0 Å². The van der Waals surface area contributed by atoms with Crippen LogP contribution in [0.1, 0.15) is 10.4 Å². The molecule has 0 bridgehead atoms. The van der Waals surface area contributed by atoms with E-state index >= 15 is 0 Å². The zero-order chi connectivity index (χ0) is 17.8. The maximum absolute atomic E-state index is 12.5. The molecule has 136 valence electrons. The van der Waals surface area contributed by atoms with Crippen LogP contribution in [0.4, 0.5) is 11.5 Å². The molecule has 1 amide bonds. The number of ether oxygens (including phenoxy) is 1. The molecule has 2 saturated heterocycles. The lowest BCUT2D eigenvalue weighted by Gasteiger charge is -2.36. The lowest BCUT2D eigenvalue weighted by atomic mass is 10.2. The molecule has 6 nitrogen and oxygen atoms in total. The summed E-state index contributed by atoms with van der Waals surface area (Å²) in [4.78, 5) is 23.5. The van der Waals surface area contributed by atoms with E-state index in [4.69, 9.17) is 4.74 Å². The summed E-state index contributed by atoms with van der Waals surface area (Å²) in [5.41, 5.74) is 1.92. The van der Waals surface area contributed by atoms with Crippen LogP contribution in [0.15, 0.2) is 48.7 Å². The quantitative estimate of drug-likeness (QED) is 0.844. The molecule has 1 aromatic heterocycles. The molecule has 0 unspecified atom stereocenters. The number of piperazine rings is 1. The van der Waals surface area contributed by atoms with Crippen molar-refractivity contribution in [3.63, 3.8) is 0 Å². The normalized spacial score (nSPS) is 18.1. The minimum absolute atomic E-state index is 0.0428. The van der Waals surface area contributed by atoms with Gasteiger partial charge in [-0.1, -0.05) is 18.2 Å². The first-order valence-electron chi connectivity index (χ1n) is 9.19. The molecule has 0 spiro atoms. The molecule has 0 radical (unpaired) electrons. The first-order valence-corrected chi connectivity index (χ1v) is 9.19. The number of aromatic nitrogens is 1. The van der Waals surface area contributed by atoms with E-state index in [2.05, 4.69) is 39.0 Å². The van der Waals surface area contributed by atoms with Crippen molar-refractivity contribution in [2.45, 2.75) is 0 Å². The lowest BCUT2D eigenvalue weighted by molar-refractivity contribution is 0.0302. The minimum atomic E-state index is 0.0428. The molecular formula is C20H24N4O2. The van der Waals surface area contributed by atoms with Gasteiger partial charge >= 0.3 is 0 Å². The van der Waals surface area contributed by atoms with Crippen LogP contribution in [0, 0.1) is 0 Å². The Morgan fingerprint density at radius 2 is 1.54 bits per heavy atom. The minimum Gasteiger partial charge on any atom is -0.378 e. The van der Waals surface area contributed by atoms with Gasteiger partial charge in [-0.25, -0.2) is 4.98 Å². The number of pyridine rings is 1. The summed E-state index contributed by atoms with van der Waals surface area (Å²) < 4.78 is 5.30. The number of morpholine rings is 1. The number of benzene rings is 1. The molecule has 6 heteroatoms. The Balaban J connectivity index is 1.36. The highest BCUT2D eigenvalue weighted by Crippen LogP contribution is 2.19. The molecule has 26 heavy (non-hydrogen) atoms. The van der Waals surface area contributed by atoms with Crippen LogP contribution in [-0.2, 0) is 4.74 Å². The van der Waals surface area contributed by atoms with Gasteiger partial charge in [0, 0.05) is 51.2 Å². The van der Waals surface area contributed by atoms with Crippen molar-refractivity contribution in [3.8, 4) is 0 Å². The summed E-state index contributed by atoms with van der Waals surface area (Å²) in [5, 5.41) is 0. The van der Waals surface area contributed by atoms with Gasteiger partial charge in [-0.2, -0.15) is 0 Å². The number of rotatable bonds is 3. The van der Waals surface area contributed by atoms with Crippen molar-refractivity contribution < 1.29 is 9.53 Å². The SMILES string of the molecule is O=C(c1ccc(N2CCN(c3ccccc3)CC2)nc1)N1CCOCC1. The van der Waals surface area contributed by atoms with E-state index in [0.29, 0.717) is 31.9 Å². The molecule has 3 heterocycles. The van der Waals surface area contributed by atoms with E-state index in [1.807, 2.05) is 23.1 Å². The fraction of sp³-hybridized carbons (Fsp3) is 0.400. The monoisotopic (exact) mass is 352 g/mol. The number of carbonyl (C=O) groups excluding carboxylic acids is 1. The highest BCUT2D eigenvalue weighted by atomic mass is 16.5. The van der Waals surface area contributed by atoms with E-state index in [0.717, 1.165) is 32.0 Å². The zero-order valence-electron chi connectivity index (χ0n) is 14.9. The van der Waals surface area contributed by atoms with Gasteiger partial charge < -0.3 is 19.4 Å². The van der Waals surface area contributed by atoms with Crippen molar-refractivity contribution in [2.24, 2.45) is 0 Å². The molecule has 0 aliphatic carbocycles. The molecule has 2 aliphatic rings. The Bertz CT molecular complexity index is 721. The van der Waals surface area contributed by atoms with Gasteiger partial charge in [0.2, 0.25) is 0 Å². The van der Waals surface area contributed by atoms with Gasteiger partial charge in [0.25, 0.3) is 5.91 Å².